The maximum atomic E-state index is 11.8. The molecule has 6 heteroatoms. The lowest BCUT2D eigenvalue weighted by Crippen LogP contribution is -2.57. The van der Waals surface area contributed by atoms with Crippen LogP contribution >= 0.6 is 0 Å². The van der Waals surface area contributed by atoms with Crippen LogP contribution < -0.4 is 11.2 Å². The molecule has 0 aromatic rings. The fraction of sp³-hybridized carbons (Fsp3) is 0.885. The highest BCUT2D eigenvalue weighted by Gasteiger charge is 2.62. The van der Waals surface area contributed by atoms with Gasteiger partial charge in [0.05, 0.1) is 7.11 Å². The van der Waals surface area contributed by atoms with Crippen LogP contribution in [0, 0.1) is 46.3 Å². The highest BCUT2D eigenvalue weighted by Crippen LogP contribution is 2.67. The van der Waals surface area contributed by atoms with Crippen LogP contribution in [0.3, 0.4) is 0 Å². The van der Waals surface area contributed by atoms with E-state index in [2.05, 4.69) is 26.2 Å². The first kappa shape index (κ1) is 23.6. The number of urea groups is 1. The maximum Gasteiger partial charge on any atom is 0.332 e. The third kappa shape index (κ3) is 3.86. The number of amides is 2. The van der Waals surface area contributed by atoms with E-state index in [1.807, 2.05) is 0 Å². The van der Waals surface area contributed by atoms with E-state index < -0.39 is 6.03 Å². The van der Waals surface area contributed by atoms with Gasteiger partial charge in [0.15, 0.2) is 0 Å². The zero-order chi connectivity index (χ0) is 23.1. The van der Waals surface area contributed by atoms with E-state index in [1.54, 1.807) is 0 Å². The second-order valence-corrected chi connectivity index (χ2v) is 11.7. The van der Waals surface area contributed by atoms with E-state index in [4.69, 9.17) is 15.6 Å². The molecule has 0 radical (unpaired) electrons. The average molecular weight is 446 g/mol. The number of nitrogens with zero attached hydrogens (tertiary/aromatic N) is 1. The van der Waals surface area contributed by atoms with Gasteiger partial charge < -0.3 is 10.5 Å². The highest BCUT2D eigenvalue weighted by atomic mass is 16.5. The summed E-state index contributed by atoms with van der Waals surface area (Å²) in [4.78, 5) is 23.4. The molecule has 4 aliphatic rings. The lowest BCUT2D eigenvalue weighted by molar-refractivity contribution is -0.141. The van der Waals surface area contributed by atoms with Crippen LogP contribution in [0.1, 0.15) is 91.4 Å². The van der Waals surface area contributed by atoms with Gasteiger partial charge in [-0.25, -0.2) is 10.2 Å². The van der Waals surface area contributed by atoms with Gasteiger partial charge >= 0.3 is 12.0 Å². The molecule has 0 spiro atoms. The predicted molar refractivity (Wildman–Crippen MR) is 126 cm³/mol. The summed E-state index contributed by atoms with van der Waals surface area (Å²) < 4.78 is 4.89. The lowest BCUT2D eigenvalue weighted by atomic mass is 9.44. The largest absolute Gasteiger partial charge is 0.469 e. The molecule has 0 heterocycles. The minimum Gasteiger partial charge on any atom is -0.469 e. The van der Waals surface area contributed by atoms with Crippen molar-refractivity contribution < 1.29 is 14.3 Å². The molecule has 4 saturated carbocycles. The summed E-state index contributed by atoms with van der Waals surface area (Å²) in [5.41, 5.74) is 9.54. The highest BCUT2D eigenvalue weighted by molar-refractivity contribution is 5.93. The first-order valence-corrected chi connectivity index (χ1v) is 12.9. The molecule has 0 saturated heterocycles. The van der Waals surface area contributed by atoms with Crippen molar-refractivity contribution in [3.63, 3.8) is 0 Å². The fourth-order valence-corrected chi connectivity index (χ4v) is 8.90. The van der Waals surface area contributed by atoms with Gasteiger partial charge in [-0.2, -0.15) is 5.10 Å². The summed E-state index contributed by atoms with van der Waals surface area (Å²) in [6.45, 7) is 7.24. The van der Waals surface area contributed by atoms with Crippen LogP contribution in [0.15, 0.2) is 5.10 Å². The summed E-state index contributed by atoms with van der Waals surface area (Å²) in [7, 11) is 1.46. The Morgan fingerprint density at radius 2 is 1.94 bits per heavy atom. The molecule has 4 aliphatic carbocycles. The Hall–Kier alpha value is -1.59. The number of hydrogen-bond donors (Lipinski definition) is 2. The predicted octanol–water partition coefficient (Wildman–Crippen LogP) is 5.26. The monoisotopic (exact) mass is 445 g/mol. The summed E-state index contributed by atoms with van der Waals surface area (Å²) >= 11 is 0. The molecule has 0 unspecified atom stereocenters. The third-order valence-corrected chi connectivity index (χ3v) is 10.6. The van der Waals surface area contributed by atoms with Crippen molar-refractivity contribution >= 4 is 17.7 Å². The smallest absolute Gasteiger partial charge is 0.332 e. The molecular formula is C26H43N3O3. The summed E-state index contributed by atoms with van der Waals surface area (Å²) in [6.07, 6.45) is 12.8. The van der Waals surface area contributed by atoms with Crippen molar-refractivity contribution in [2.75, 3.05) is 7.11 Å². The second-order valence-electron chi connectivity index (χ2n) is 11.7. The molecule has 4 rings (SSSR count). The lowest BCUT2D eigenvalue weighted by Gasteiger charge is -2.61. The van der Waals surface area contributed by atoms with Crippen molar-refractivity contribution in [1.29, 1.82) is 0 Å². The van der Waals surface area contributed by atoms with E-state index in [1.165, 1.54) is 58.5 Å². The first-order valence-electron chi connectivity index (χ1n) is 12.9. The molecule has 8 atom stereocenters. The standard InChI is InChI=1S/C26H43N3O3/c1-16(8-13-23(30)32-4)19-11-12-20-18-10-9-17-7-5-6-14-25(17,2)21(18)15-22(26(19,20)3)28-29-24(27)31/h16-21H,5-15H2,1-4H3,(H3,27,29,31)/b28-22-/t16-,17-,18+,19+,20+,21+,25-,26+/m0/s1. The number of carbonyl (C=O) groups is 2. The summed E-state index contributed by atoms with van der Waals surface area (Å²) in [6, 6.07) is -0.585. The molecular weight excluding hydrogens is 402 g/mol. The van der Waals surface area contributed by atoms with Crippen LogP contribution in [0.5, 0.6) is 0 Å². The maximum absolute atomic E-state index is 11.8. The van der Waals surface area contributed by atoms with Crippen LogP contribution in [-0.4, -0.2) is 24.8 Å². The number of nitrogens with two attached hydrogens (primary N) is 1. The van der Waals surface area contributed by atoms with Crippen LogP contribution in [0.2, 0.25) is 0 Å². The molecule has 0 aromatic heterocycles. The number of hydrogen-bond acceptors (Lipinski definition) is 4. The molecule has 4 fully saturated rings. The quantitative estimate of drug-likeness (QED) is 0.446. The Kier molecular flexibility index (Phi) is 6.61. The summed E-state index contributed by atoms with van der Waals surface area (Å²) in [5, 5.41) is 4.70. The van der Waals surface area contributed by atoms with Gasteiger partial charge in [0.25, 0.3) is 0 Å². The van der Waals surface area contributed by atoms with Crippen molar-refractivity contribution in [3.05, 3.63) is 0 Å². The molecule has 0 aliphatic heterocycles. The molecule has 0 aromatic carbocycles. The van der Waals surface area contributed by atoms with Gasteiger partial charge in [-0.15, -0.1) is 0 Å². The normalized spacial score (nSPS) is 43.0. The van der Waals surface area contributed by atoms with Gasteiger partial charge in [-0.1, -0.05) is 33.6 Å². The van der Waals surface area contributed by atoms with E-state index in [0.717, 1.165) is 30.4 Å². The van der Waals surface area contributed by atoms with Crippen molar-refractivity contribution in [1.82, 2.24) is 5.43 Å². The van der Waals surface area contributed by atoms with Gasteiger partial charge in [0.2, 0.25) is 0 Å². The molecule has 32 heavy (non-hydrogen) atoms. The minimum absolute atomic E-state index is 0.0446. The fourth-order valence-electron chi connectivity index (χ4n) is 8.90. The SMILES string of the molecule is COC(=O)CC[C@H](C)[C@H]1CC[C@@H]2[C@H]3CC[C@@H]4CCCC[C@]4(C)[C@@H]3C/C(=N/NC(N)=O)[C@@]21C. The minimum atomic E-state index is -0.585. The first-order chi connectivity index (χ1) is 15.2. The Balaban J connectivity index is 1.65. The topological polar surface area (TPSA) is 93.8 Å². The van der Waals surface area contributed by atoms with Crippen molar-refractivity contribution in [2.45, 2.75) is 91.4 Å². The van der Waals surface area contributed by atoms with Crippen LogP contribution in [-0.2, 0) is 9.53 Å². The van der Waals surface area contributed by atoms with Crippen LogP contribution in [0.4, 0.5) is 4.79 Å². The van der Waals surface area contributed by atoms with Crippen molar-refractivity contribution in [3.8, 4) is 0 Å². The number of esters is 1. The Morgan fingerprint density at radius 3 is 2.66 bits per heavy atom. The number of methoxy groups -OCH3 is 1. The number of nitrogens with one attached hydrogen (secondary N) is 1. The second kappa shape index (κ2) is 8.98. The Morgan fingerprint density at radius 1 is 1.16 bits per heavy atom. The molecule has 6 nitrogen and oxygen atoms in total. The van der Waals surface area contributed by atoms with Crippen LogP contribution in [0.25, 0.3) is 0 Å². The molecule has 3 N–H and O–H groups in total. The van der Waals surface area contributed by atoms with E-state index in [-0.39, 0.29) is 11.4 Å². The number of hydrazone groups is 1. The number of primary amides is 1. The van der Waals surface area contributed by atoms with E-state index in [9.17, 15) is 9.59 Å². The van der Waals surface area contributed by atoms with Gasteiger partial charge in [0, 0.05) is 17.5 Å². The summed E-state index contributed by atoms with van der Waals surface area (Å²) in [5.74, 6) is 3.56. The molecule has 180 valence electrons. The number of rotatable bonds is 5. The number of ether oxygens (including phenoxy) is 1. The average Bonchev–Trinajstić information content (AvgIpc) is 3.13. The number of carbonyl (C=O) groups excluding carboxylic acids is 2. The van der Waals surface area contributed by atoms with Gasteiger partial charge in [0.1, 0.15) is 0 Å². The molecule has 2 amide bonds. The van der Waals surface area contributed by atoms with E-state index in [0.29, 0.717) is 35.5 Å². The zero-order valence-electron chi connectivity index (χ0n) is 20.5. The van der Waals surface area contributed by atoms with E-state index >= 15 is 0 Å². The Bertz CT molecular complexity index is 767. The van der Waals surface area contributed by atoms with Crippen molar-refractivity contribution in [2.24, 2.45) is 57.2 Å². The molecule has 0 bridgehead atoms. The Labute approximate surface area is 193 Å². The zero-order valence-corrected chi connectivity index (χ0v) is 20.5. The van der Waals surface area contributed by atoms with Gasteiger partial charge in [-0.05, 0) is 92.3 Å². The number of fused-ring (bicyclic) bond motifs is 5. The van der Waals surface area contributed by atoms with Gasteiger partial charge in [-0.3, -0.25) is 4.79 Å². The third-order valence-electron chi connectivity index (χ3n) is 10.6.